The number of rotatable bonds is 2. The summed E-state index contributed by atoms with van der Waals surface area (Å²) in [6.07, 6.45) is 2.78. The van der Waals surface area contributed by atoms with Gasteiger partial charge in [-0.25, -0.2) is 0 Å². The first kappa shape index (κ1) is 5.18. The van der Waals surface area contributed by atoms with Gasteiger partial charge in [0.1, 0.15) is 0 Å². The molecule has 0 aliphatic heterocycles. The van der Waals surface area contributed by atoms with Crippen molar-refractivity contribution in [2.75, 3.05) is 0 Å². The number of benzene rings is 1. The minimum absolute atomic E-state index is 0.0769. The van der Waals surface area contributed by atoms with Crippen LogP contribution in [0.2, 0.25) is 0 Å². The second kappa shape index (κ2) is 3.52. The van der Waals surface area contributed by atoms with Crippen LogP contribution in [0, 0.1) is 0 Å². The van der Waals surface area contributed by atoms with Gasteiger partial charge in [-0.15, -0.1) is 0 Å². The van der Waals surface area contributed by atoms with Crippen LogP contribution < -0.4 is 5.46 Å². The van der Waals surface area contributed by atoms with Crippen LogP contribution in [0.25, 0.3) is 0 Å². The van der Waals surface area contributed by atoms with Crippen molar-refractivity contribution in [3.05, 3.63) is 29.7 Å². The zero-order valence-electron chi connectivity index (χ0n) is 11.2. The Labute approximate surface area is 84.0 Å². The quantitative estimate of drug-likeness (QED) is 0.655. The molecule has 13 heavy (non-hydrogen) atoms. The molecular formula is C10H13BO2. The highest BCUT2D eigenvalue weighted by atomic mass is 16.4. The second-order valence-electron chi connectivity index (χ2n) is 3.33. The van der Waals surface area contributed by atoms with Gasteiger partial charge in [0.25, 0.3) is 0 Å². The molecular weight excluding hydrogens is 163 g/mol. The minimum atomic E-state index is -1.97. The first-order valence-corrected chi connectivity index (χ1v) is 4.41. The molecule has 1 saturated carbocycles. The fourth-order valence-electron chi connectivity index (χ4n) is 1.36. The van der Waals surface area contributed by atoms with Crippen molar-refractivity contribution in [3.63, 3.8) is 0 Å². The molecule has 0 spiro atoms. The Kier molecular flexibility index (Phi) is 1.40. The topological polar surface area (TPSA) is 40.5 Å². The summed E-state index contributed by atoms with van der Waals surface area (Å²) in [5, 5.41) is 18.2. The first-order chi connectivity index (χ1) is 7.95. The molecule has 0 atom stereocenters. The molecule has 1 aromatic rings. The van der Waals surface area contributed by atoms with Crippen molar-refractivity contribution in [2.24, 2.45) is 0 Å². The SMILES string of the molecule is [2H]c1c([2H])c(C2CCC2)c([2H])c([2H])c1B(O)O. The van der Waals surface area contributed by atoms with Crippen LogP contribution in [-0.2, 0) is 0 Å². The van der Waals surface area contributed by atoms with Crippen LogP contribution in [0.4, 0.5) is 0 Å². The van der Waals surface area contributed by atoms with Crippen LogP contribution in [0.15, 0.2) is 24.2 Å². The van der Waals surface area contributed by atoms with Crippen molar-refractivity contribution in [2.45, 2.75) is 25.2 Å². The molecule has 1 aliphatic carbocycles. The molecule has 2 N–H and O–H groups in total. The Balaban J connectivity index is 2.63. The summed E-state index contributed by atoms with van der Waals surface area (Å²) in [6, 6.07) is -0.969. The van der Waals surface area contributed by atoms with Gasteiger partial charge in [-0.2, -0.15) is 0 Å². The van der Waals surface area contributed by atoms with Crippen LogP contribution in [0.5, 0.6) is 0 Å². The predicted molar refractivity (Wildman–Crippen MR) is 52.9 cm³/mol. The molecule has 3 heteroatoms. The maximum atomic E-state index is 9.08. The van der Waals surface area contributed by atoms with Crippen LogP contribution in [0.3, 0.4) is 0 Å². The lowest BCUT2D eigenvalue weighted by molar-refractivity contribution is 0.419. The lowest BCUT2D eigenvalue weighted by Gasteiger charge is -2.25. The van der Waals surface area contributed by atoms with Gasteiger partial charge in [-0.3, -0.25) is 0 Å². The molecule has 0 aromatic heterocycles. The largest absolute Gasteiger partial charge is 0.488 e. The summed E-state index contributed by atoms with van der Waals surface area (Å²) in [5.41, 5.74) is 0.0683. The lowest BCUT2D eigenvalue weighted by Crippen LogP contribution is -2.29. The van der Waals surface area contributed by atoms with Gasteiger partial charge in [0.2, 0.25) is 0 Å². The molecule has 2 nitrogen and oxygen atoms in total. The van der Waals surface area contributed by atoms with Gasteiger partial charge in [-0.05, 0) is 29.8 Å². The average Bonchev–Trinajstić information content (AvgIpc) is 2.18. The van der Waals surface area contributed by atoms with E-state index in [1.165, 1.54) is 0 Å². The van der Waals surface area contributed by atoms with Crippen molar-refractivity contribution in [1.29, 1.82) is 0 Å². The summed E-state index contributed by atoms with van der Waals surface area (Å²) >= 11 is 0. The van der Waals surface area contributed by atoms with Crippen LogP contribution >= 0.6 is 0 Å². The standard InChI is InChI=1S/C10H13BO2/c12-11(13)10-6-4-9(5-7-10)8-2-1-3-8/h4-8,12-13H,1-3H2/i4D,5D,6D,7D. The van der Waals surface area contributed by atoms with Gasteiger partial charge >= 0.3 is 7.12 Å². The molecule has 0 heterocycles. The van der Waals surface area contributed by atoms with Gasteiger partial charge in [0, 0.05) is 0 Å². The summed E-state index contributed by atoms with van der Waals surface area (Å²) < 4.78 is 31.0. The Bertz CT molecular complexity index is 431. The number of hydrogen-bond donors (Lipinski definition) is 2. The second-order valence-corrected chi connectivity index (χ2v) is 3.33. The Hall–Kier alpha value is -0.795. The van der Waals surface area contributed by atoms with E-state index in [9.17, 15) is 0 Å². The Morgan fingerprint density at radius 1 is 1.23 bits per heavy atom. The number of hydrogen-bond acceptors (Lipinski definition) is 2. The van der Waals surface area contributed by atoms with E-state index >= 15 is 0 Å². The summed E-state index contributed by atoms with van der Waals surface area (Å²) in [5.74, 6) is 0.0769. The van der Waals surface area contributed by atoms with E-state index in [4.69, 9.17) is 15.5 Å². The summed E-state index contributed by atoms with van der Waals surface area (Å²) in [6.45, 7) is 0. The van der Waals surface area contributed by atoms with Gasteiger partial charge in [0.05, 0.1) is 5.48 Å². The van der Waals surface area contributed by atoms with Crippen LogP contribution in [0.1, 0.15) is 36.2 Å². The van der Waals surface area contributed by atoms with E-state index in [2.05, 4.69) is 0 Å². The van der Waals surface area contributed by atoms with Gasteiger partial charge in [-0.1, -0.05) is 30.6 Å². The summed E-state index contributed by atoms with van der Waals surface area (Å²) in [7, 11) is -1.97. The molecule has 1 fully saturated rings. The maximum absolute atomic E-state index is 9.08. The van der Waals surface area contributed by atoms with E-state index in [0.717, 1.165) is 19.3 Å². The van der Waals surface area contributed by atoms with Crippen LogP contribution in [-0.4, -0.2) is 17.2 Å². The smallest absolute Gasteiger partial charge is 0.423 e. The third-order valence-electron chi connectivity index (χ3n) is 2.44. The third-order valence-corrected chi connectivity index (χ3v) is 2.44. The highest BCUT2D eigenvalue weighted by molar-refractivity contribution is 6.58. The van der Waals surface area contributed by atoms with Crippen molar-refractivity contribution >= 4 is 12.6 Å². The zero-order chi connectivity index (χ0) is 12.7. The van der Waals surface area contributed by atoms with Gasteiger partial charge < -0.3 is 10.0 Å². The van der Waals surface area contributed by atoms with E-state index < -0.39 is 7.12 Å². The first-order valence-electron chi connectivity index (χ1n) is 6.41. The predicted octanol–water partition coefficient (Wildman–Crippen LogP) is 0.634. The fraction of sp³-hybridized carbons (Fsp3) is 0.400. The van der Waals surface area contributed by atoms with Crippen molar-refractivity contribution in [1.82, 2.24) is 0 Å². The van der Waals surface area contributed by atoms with Crippen molar-refractivity contribution in [3.8, 4) is 0 Å². The average molecular weight is 180 g/mol. The molecule has 0 saturated heterocycles. The Morgan fingerprint density at radius 3 is 2.23 bits per heavy atom. The Morgan fingerprint density at radius 2 is 1.85 bits per heavy atom. The van der Waals surface area contributed by atoms with E-state index in [-0.39, 0.29) is 35.6 Å². The lowest BCUT2D eigenvalue weighted by atomic mass is 9.76. The van der Waals surface area contributed by atoms with E-state index in [0.29, 0.717) is 5.56 Å². The van der Waals surface area contributed by atoms with E-state index in [1.54, 1.807) is 0 Å². The maximum Gasteiger partial charge on any atom is 0.488 e. The fourth-order valence-corrected chi connectivity index (χ4v) is 1.36. The molecule has 2 rings (SSSR count). The molecule has 1 aliphatic rings. The van der Waals surface area contributed by atoms with E-state index in [1.807, 2.05) is 0 Å². The third kappa shape index (κ3) is 1.76. The minimum Gasteiger partial charge on any atom is -0.423 e. The highest BCUT2D eigenvalue weighted by Crippen LogP contribution is 2.35. The molecule has 0 unspecified atom stereocenters. The molecule has 1 aromatic carbocycles. The highest BCUT2D eigenvalue weighted by Gasteiger charge is 2.19. The van der Waals surface area contributed by atoms with Crippen molar-refractivity contribution < 1.29 is 15.5 Å². The summed E-state index contributed by atoms with van der Waals surface area (Å²) in [4.78, 5) is 0. The monoisotopic (exact) mass is 180 g/mol. The molecule has 0 bridgehead atoms. The molecule has 68 valence electrons. The normalized spacial score (nSPS) is 21.1. The molecule has 0 amide bonds. The zero-order valence-corrected chi connectivity index (χ0v) is 7.17. The molecule has 0 radical (unpaired) electrons. The van der Waals surface area contributed by atoms with Gasteiger partial charge in [0.15, 0.2) is 0 Å².